The Balaban J connectivity index is 4.23. The lowest BCUT2D eigenvalue weighted by Crippen LogP contribution is -2.45. The molecule has 0 heterocycles. The van der Waals surface area contributed by atoms with Gasteiger partial charge in [-0.25, -0.2) is 4.79 Å². The molecule has 0 spiro atoms. The van der Waals surface area contributed by atoms with Gasteiger partial charge in [0.2, 0.25) is 5.91 Å². The topological polar surface area (TPSA) is 98.7 Å². The predicted molar refractivity (Wildman–Crippen MR) is 75.3 cm³/mol. The summed E-state index contributed by atoms with van der Waals surface area (Å²) in [5.74, 6) is -1.55. The molecule has 0 aliphatic rings. The number of hydrogen-bond donors (Lipinski definition) is 3. The number of carboxylic acids is 1. The number of carbonyl (C=O) groups excluding carboxylic acids is 2. The molecule has 0 saturated carbocycles. The fourth-order valence-corrected chi connectivity index (χ4v) is 1.73. The summed E-state index contributed by atoms with van der Waals surface area (Å²) >= 11 is 0. The molecule has 0 aromatic rings. The molecule has 0 saturated heterocycles. The summed E-state index contributed by atoms with van der Waals surface area (Å²) < 4.78 is 0. The van der Waals surface area contributed by atoms with E-state index in [1.54, 1.807) is 6.92 Å². The van der Waals surface area contributed by atoms with Gasteiger partial charge in [0.15, 0.2) is 0 Å². The maximum Gasteiger partial charge on any atom is 0.317 e. The highest BCUT2D eigenvalue weighted by Gasteiger charge is 2.21. The summed E-state index contributed by atoms with van der Waals surface area (Å²) in [4.78, 5) is 35.3. The second kappa shape index (κ2) is 9.17. The van der Waals surface area contributed by atoms with E-state index in [0.29, 0.717) is 13.0 Å². The molecule has 1 atom stereocenters. The molecule has 7 nitrogen and oxygen atoms in total. The van der Waals surface area contributed by atoms with Gasteiger partial charge in [-0.1, -0.05) is 13.8 Å². The lowest BCUT2D eigenvalue weighted by Gasteiger charge is -2.20. The molecule has 1 unspecified atom stereocenters. The second-order valence-corrected chi connectivity index (χ2v) is 5.16. The van der Waals surface area contributed by atoms with Gasteiger partial charge in [0.1, 0.15) is 6.54 Å². The Kier molecular flexibility index (Phi) is 8.35. The van der Waals surface area contributed by atoms with E-state index in [0.717, 1.165) is 0 Å². The van der Waals surface area contributed by atoms with Crippen molar-refractivity contribution in [2.24, 2.45) is 11.8 Å². The molecule has 0 aromatic heterocycles. The molecule has 0 radical (unpaired) electrons. The van der Waals surface area contributed by atoms with Gasteiger partial charge in [0, 0.05) is 20.1 Å². The van der Waals surface area contributed by atoms with Gasteiger partial charge < -0.3 is 20.6 Å². The van der Waals surface area contributed by atoms with Crippen molar-refractivity contribution < 1.29 is 19.5 Å². The predicted octanol–water partition coefficient (Wildman–Crippen LogP) is 0.511. The van der Waals surface area contributed by atoms with Gasteiger partial charge in [-0.15, -0.1) is 0 Å². The minimum Gasteiger partial charge on any atom is -0.481 e. The third-order valence-electron chi connectivity index (χ3n) is 2.71. The maximum absolute atomic E-state index is 11.7. The van der Waals surface area contributed by atoms with Gasteiger partial charge in [-0.05, 0) is 19.3 Å². The van der Waals surface area contributed by atoms with Crippen molar-refractivity contribution in [1.29, 1.82) is 0 Å². The van der Waals surface area contributed by atoms with E-state index in [1.807, 2.05) is 13.8 Å². The average Bonchev–Trinajstić information content (AvgIpc) is 2.33. The van der Waals surface area contributed by atoms with Crippen molar-refractivity contribution >= 4 is 17.9 Å². The van der Waals surface area contributed by atoms with Crippen LogP contribution in [0.3, 0.4) is 0 Å². The van der Waals surface area contributed by atoms with Crippen molar-refractivity contribution in [3.8, 4) is 0 Å². The highest BCUT2D eigenvalue weighted by Crippen LogP contribution is 2.11. The number of amides is 3. The van der Waals surface area contributed by atoms with Gasteiger partial charge in [-0.2, -0.15) is 0 Å². The monoisotopic (exact) mass is 287 g/mol. The Hall–Kier alpha value is -1.79. The Bertz CT molecular complexity index is 345. The first-order valence-electron chi connectivity index (χ1n) is 6.76. The molecule has 0 aliphatic heterocycles. The van der Waals surface area contributed by atoms with Crippen molar-refractivity contribution in [2.45, 2.75) is 27.2 Å². The zero-order chi connectivity index (χ0) is 15.7. The Morgan fingerprint density at radius 1 is 1.20 bits per heavy atom. The van der Waals surface area contributed by atoms with E-state index in [-0.39, 0.29) is 24.9 Å². The first kappa shape index (κ1) is 18.2. The molecule has 0 aliphatic carbocycles. The van der Waals surface area contributed by atoms with Crippen LogP contribution in [0.4, 0.5) is 4.79 Å². The van der Waals surface area contributed by atoms with Gasteiger partial charge >= 0.3 is 12.0 Å². The molecule has 0 bridgehead atoms. The van der Waals surface area contributed by atoms with Crippen molar-refractivity contribution in [2.75, 3.05) is 26.7 Å². The number of nitrogens with zero attached hydrogens (tertiary/aromatic N) is 1. The smallest absolute Gasteiger partial charge is 0.317 e. The SMILES string of the molecule is CCNC(=O)CN(C)C(=O)NCC(CC(C)C)C(=O)O. The van der Waals surface area contributed by atoms with Crippen LogP contribution in [0.1, 0.15) is 27.2 Å². The average molecular weight is 287 g/mol. The minimum atomic E-state index is -0.926. The van der Waals surface area contributed by atoms with E-state index in [4.69, 9.17) is 5.11 Å². The molecule has 116 valence electrons. The standard InChI is InChI=1S/C13H25N3O4/c1-5-14-11(17)8-16(4)13(20)15-7-10(12(18)19)6-9(2)3/h9-10H,5-8H2,1-4H3,(H,14,17)(H,15,20)(H,18,19). The number of rotatable bonds is 8. The summed E-state index contributed by atoms with van der Waals surface area (Å²) in [6.45, 7) is 6.16. The van der Waals surface area contributed by atoms with E-state index < -0.39 is 17.9 Å². The van der Waals surface area contributed by atoms with E-state index in [9.17, 15) is 14.4 Å². The van der Waals surface area contributed by atoms with Crippen LogP contribution >= 0.6 is 0 Å². The Labute approximate surface area is 119 Å². The fraction of sp³-hybridized carbons (Fsp3) is 0.769. The molecule has 20 heavy (non-hydrogen) atoms. The van der Waals surface area contributed by atoms with Crippen LogP contribution in [0.5, 0.6) is 0 Å². The van der Waals surface area contributed by atoms with E-state index in [2.05, 4.69) is 10.6 Å². The van der Waals surface area contributed by atoms with Crippen molar-refractivity contribution in [3.63, 3.8) is 0 Å². The molecule has 0 rings (SSSR count). The fourth-order valence-electron chi connectivity index (χ4n) is 1.73. The minimum absolute atomic E-state index is 0.0540. The summed E-state index contributed by atoms with van der Waals surface area (Å²) in [7, 11) is 1.49. The largest absolute Gasteiger partial charge is 0.481 e. The summed E-state index contributed by atoms with van der Waals surface area (Å²) in [6, 6.07) is -0.453. The van der Waals surface area contributed by atoms with Crippen LogP contribution in [-0.2, 0) is 9.59 Å². The molecule has 0 fully saturated rings. The van der Waals surface area contributed by atoms with Crippen LogP contribution in [0.2, 0.25) is 0 Å². The first-order chi connectivity index (χ1) is 9.27. The van der Waals surface area contributed by atoms with E-state index in [1.165, 1.54) is 11.9 Å². The summed E-state index contributed by atoms with van der Waals surface area (Å²) in [6.07, 6.45) is 0.496. The first-order valence-corrected chi connectivity index (χ1v) is 6.76. The van der Waals surface area contributed by atoms with Crippen LogP contribution in [-0.4, -0.2) is 54.6 Å². The Morgan fingerprint density at radius 3 is 2.25 bits per heavy atom. The van der Waals surface area contributed by atoms with Gasteiger partial charge in [-0.3, -0.25) is 9.59 Å². The number of hydrogen-bond acceptors (Lipinski definition) is 3. The van der Waals surface area contributed by atoms with Crippen LogP contribution in [0.15, 0.2) is 0 Å². The number of urea groups is 1. The number of likely N-dealkylation sites (N-methyl/N-ethyl adjacent to an activating group) is 2. The molecular formula is C13H25N3O4. The third kappa shape index (κ3) is 7.60. The summed E-state index contributed by atoms with van der Waals surface area (Å²) in [5.41, 5.74) is 0. The second-order valence-electron chi connectivity index (χ2n) is 5.16. The number of aliphatic carboxylic acids is 1. The lowest BCUT2D eigenvalue weighted by molar-refractivity contribution is -0.142. The van der Waals surface area contributed by atoms with E-state index >= 15 is 0 Å². The lowest BCUT2D eigenvalue weighted by atomic mass is 9.97. The zero-order valence-corrected chi connectivity index (χ0v) is 12.6. The van der Waals surface area contributed by atoms with Gasteiger partial charge in [0.05, 0.1) is 5.92 Å². The number of carboxylic acid groups (broad SMARTS) is 1. The highest BCUT2D eigenvalue weighted by molar-refractivity contribution is 5.84. The number of carbonyl (C=O) groups is 3. The highest BCUT2D eigenvalue weighted by atomic mass is 16.4. The van der Waals surface area contributed by atoms with Crippen molar-refractivity contribution in [1.82, 2.24) is 15.5 Å². The summed E-state index contributed by atoms with van der Waals surface area (Å²) in [5, 5.41) is 14.2. The molecular weight excluding hydrogens is 262 g/mol. The maximum atomic E-state index is 11.7. The van der Waals surface area contributed by atoms with Crippen LogP contribution in [0.25, 0.3) is 0 Å². The van der Waals surface area contributed by atoms with Crippen LogP contribution < -0.4 is 10.6 Å². The normalized spacial score (nSPS) is 11.8. The molecule has 7 heteroatoms. The van der Waals surface area contributed by atoms with Gasteiger partial charge in [0.25, 0.3) is 0 Å². The quantitative estimate of drug-likeness (QED) is 0.605. The Morgan fingerprint density at radius 2 is 1.80 bits per heavy atom. The third-order valence-corrected chi connectivity index (χ3v) is 2.71. The van der Waals surface area contributed by atoms with Crippen LogP contribution in [0, 0.1) is 11.8 Å². The van der Waals surface area contributed by atoms with Crippen molar-refractivity contribution in [3.05, 3.63) is 0 Å². The zero-order valence-electron chi connectivity index (χ0n) is 12.6. The number of nitrogens with one attached hydrogen (secondary N) is 2. The molecule has 3 N–H and O–H groups in total. The molecule has 0 aromatic carbocycles. The molecule has 3 amide bonds.